The van der Waals surface area contributed by atoms with Crippen LogP contribution in [-0.2, 0) is 5.54 Å². The van der Waals surface area contributed by atoms with Gasteiger partial charge in [0.15, 0.2) is 0 Å². The van der Waals surface area contributed by atoms with Gasteiger partial charge in [0.1, 0.15) is 5.54 Å². The summed E-state index contributed by atoms with van der Waals surface area (Å²) in [6, 6.07) is 17.6. The normalized spacial score (nSPS) is 20.2. The Hall–Kier alpha value is -2.49. The van der Waals surface area contributed by atoms with Crippen molar-refractivity contribution in [1.29, 1.82) is 0 Å². The van der Waals surface area contributed by atoms with E-state index in [1.807, 2.05) is 54.6 Å². The molecule has 0 fully saturated rings. The third-order valence-corrected chi connectivity index (χ3v) is 5.04. The molecule has 0 amide bonds. The van der Waals surface area contributed by atoms with Gasteiger partial charge in [0, 0.05) is 28.7 Å². The number of fused-ring (bicyclic) bond motifs is 1. The average molecular weight is 349 g/mol. The fourth-order valence-electron chi connectivity index (χ4n) is 3.59. The smallest absolute Gasteiger partial charge is 0.114 e. The lowest BCUT2D eigenvalue weighted by Gasteiger charge is -2.34. The minimum atomic E-state index is -0.662. The monoisotopic (exact) mass is 348 g/mol. The summed E-state index contributed by atoms with van der Waals surface area (Å²) in [5.74, 6) is -0.217. The van der Waals surface area contributed by atoms with Gasteiger partial charge >= 0.3 is 0 Å². The van der Waals surface area contributed by atoms with Crippen LogP contribution in [0.1, 0.15) is 17.0 Å². The van der Waals surface area contributed by atoms with Gasteiger partial charge < -0.3 is 5.11 Å². The van der Waals surface area contributed by atoms with E-state index in [-0.39, 0.29) is 12.5 Å². The molecule has 25 heavy (non-hydrogen) atoms. The lowest BCUT2D eigenvalue weighted by atomic mass is 9.74. The van der Waals surface area contributed by atoms with Crippen LogP contribution < -0.4 is 0 Å². The molecule has 4 rings (SSSR count). The Morgan fingerprint density at radius 3 is 2.56 bits per heavy atom. The molecule has 1 aromatic heterocycles. The van der Waals surface area contributed by atoms with Gasteiger partial charge in [-0.2, -0.15) is 0 Å². The number of aliphatic imine (C=N–C) groups is 1. The van der Waals surface area contributed by atoms with Crippen LogP contribution in [-0.4, -0.2) is 22.9 Å². The zero-order valence-corrected chi connectivity index (χ0v) is 14.3. The van der Waals surface area contributed by atoms with Gasteiger partial charge in [0.25, 0.3) is 0 Å². The van der Waals surface area contributed by atoms with E-state index in [1.54, 1.807) is 12.4 Å². The highest BCUT2D eigenvalue weighted by molar-refractivity contribution is 6.30. The number of para-hydroxylation sites is 1. The summed E-state index contributed by atoms with van der Waals surface area (Å²) in [5, 5.41) is 12.0. The van der Waals surface area contributed by atoms with Crippen molar-refractivity contribution in [1.82, 2.24) is 4.98 Å². The minimum absolute atomic E-state index is 0.0278. The van der Waals surface area contributed by atoms with Crippen molar-refractivity contribution < 1.29 is 5.11 Å². The first-order chi connectivity index (χ1) is 12.2. The largest absolute Gasteiger partial charge is 0.396 e. The lowest BCUT2D eigenvalue weighted by Crippen LogP contribution is -2.31. The highest BCUT2D eigenvalue weighted by atomic mass is 35.5. The molecule has 2 heterocycles. The molecule has 0 radical (unpaired) electrons. The molecule has 2 aromatic carbocycles. The van der Waals surface area contributed by atoms with Crippen molar-refractivity contribution in [2.45, 2.75) is 11.5 Å². The van der Waals surface area contributed by atoms with Crippen LogP contribution in [0.15, 0.2) is 77.9 Å². The van der Waals surface area contributed by atoms with Crippen molar-refractivity contribution in [2.24, 2.45) is 4.99 Å². The Morgan fingerprint density at radius 1 is 1.04 bits per heavy atom. The molecule has 0 bridgehead atoms. The Kier molecular flexibility index (Phi) is 4.12. The zero-order valence-electron chi connectivity index (χ0n) is 13.5. The first-order valence-electron chi connectivity index (χ1n) is 8.18. The van der Waals surface area contributed by atoms with Crippen LogP contribution in [0.4, 0.5) is 0 Å². The number of rotatable bonds is 4. The van der Waals surface area contributed by atoms with E-state index in [4.69, 9.17) is 16.6 Å². The second-order valence-electron chi connectivity index (χ2n) is 6.13. The second-order valence-corrected chi connectivity index (χ2v) is 6.56. The first kappa shape index (κ1) is 16.0. The number of aliphatic hydroxyl groups excluding tert-OH is 1. The number of pyridine rings is 1. The lowest BCUT2D eigenvalue weighted by molar-refractivity contribution is 0.228. The van der Waals surface area contributed by atoms with Crippen LogP contribution in [0.5, 0.6) is 0 Å². The third kappa shape index (κ3) is 2.66. The molecule has 3 nitrogen and oxygen atoms in total. The quantitative estimate of drug-likeness (QED) is 0.754. The summed E-state index contributed by atoms with van der Waals surface area (Å²) >= 11 is 6.03. The first-order valence-corrected chi connectivity index (χ1v) is 8.56. The molecule has 1 aliphatic heterocycles. The molecule has 4 heteroatoms. The van der Waals surface area contributed by atoms with Crippen LogP contribution >= 0.6 is 11.6 Å². The molecule has 0 saturated heterocycles. The van der Waals surface area contributed by atoms with Gasteiger partial charge in [-0.3, -0.25) is 9.98 Å². The van der Waals surface area contributed by atoms with Crippen LogP contribution in [0.25, 0.3) is 10.9 Å². The second kappa shape index (κ2) is 6.43. The van der Waals surface area contributed by atoms with Crippen molar-refractivity contribution in [3.8, 4) is 0 Å². The van der Waals surface area contributed by atoms with E-state index in [0.29, 0.717) is 5.02 Å². The number of allylic oxidation sites excluding steroid dienone is 1. The van der Waals surface area contributed by atoms with E-state index < -0.39 is 5.54 Å². The standard InChI is InChI=1S/C21H17ClN2O/c22-16-8-6-15(7-9-16)19(14-25)21(11-3-12-24-21)18-10-13-23-20-5-2-1-4-17(18)20/h1-13,19,25H,14H2. The third-order valence-electron chi connectivity index (χ3n) is 4.79. The van der Waals surface area contributed by atoms with Crippen LogP contribution in [0.3, 0.4) is 0 Å². The highest BCUT2D eigenvalue weighted by Gasteiger charge is 2.41. The van der Waals surface area contributed by atoms with Gasteiger partial charge in [0.05, 0.1) is 12.1 Å². The van der Waals surface area contributed by atoms with Gasteiger partial charge in [-0.05, 0) is 41.5 Å². The fraction of sp³-hybridized carbons (Fsp3) is 0.143. The van der Waals surface area contributed by atoms with Crippen molar-refractivity contribution in [3.63, 3.8) is 0 Å². The zero-order chi connectivity index (χ0) is 17.3. The molecule has 1 aliphatic rings. The number of aromatic nitrogens is 1. The molecule has 1 N–H and O–H groups in total. The Labute approximate surface area is 151 Å². The average Bonchev–Trinajstić information content (AvgIpc) is 3.14. The summed E-state index contributed by atoms with van der Waals surface area (Å²) in [7, 11) is 0. The van der Waals surface area contributed by atoms with Crippen molar-refractivity contribution in [3.05, 3.63) is 89.1 Å². The number of aliphatic hydroxyl groups is 1. The predicted molar refractivity (Wildman–Crippen MR) is 102 cm³/mol. The Bertz CT molecular complexity index is 946. The summed E-state index contributed by atoms with van der Waals surface area (Å²) in [6.07, 6.45) is 7.60. The van der Waals surface area contributed by atoms with Gasteiger partial charge in [0.2, 0.25) is 0 Å². The molecule has 3 aromatic rings. The SMILES string of the molecule is OCC(c1ccc(Cl)cc1)C1(c2ccnc3ccccc23)C=CC=N1. The highest BCUT2D eigenvalue weighted by Crippen LogP contribution is 2.45. The Balaban J connectivity index is 1.94. The molecule has 124 valence electrons. The molecule has 0 aliphatic carbocycles. The molecule has 2 unspecified atom stereocenters. The molecule has 0 saturated carbocycles. The van der Waals surface area contributed by atoms with Gasteiger partial charge in [-0.1, -0.05) is 48.0 Å². The summed E-state index contributed by atoms with van der Waals surface area (Å²) < 4.78 is 0. The van der Waals surface area contributed by atoms with Crippen molar-refractivity contribution >= 4 is 28.7 Å². The van der Waals surface area contributed by atoms with E-state index in [2.05, 4.69) is 17.1 Å². The number of nitrogens with zero attached hydrogens (tertiary/aromatic N) is 2. The number of benzene rings is 2. The van der Waals surface area contributed by atoms with E-state index in [0.717, 1.165) is 22.0 Å². The number of halogens is 1. The molecular weight excluding hydrogens is 332 g/mol. The minimum Gasteiger partial charge on any atom is -0.396 e. The van der Waals surface area contributed by atoms with E-state index >= 15 is 0 Å². The Morgan fingerprint density at radius 2 is 1.84 bits per heavy atom. The molecule has 0 spiro atoms. The topological polar surface area (TPSA) is 45.5 Å². The number of hydrogen-bond acceptors (Lipinski definition) is 3. The van der Waals surface area contributed by atoms with Crippen LogP contribution in [0, 0.1) is 0 Å². The van der Waals surface area contributed by atoms with E-state index in [1.165, 1.54) is 0 Å². The fourth-order valence-corrected chi connectivity index (χ4v) is 3.72. The van der Waals surface area contributed by atoms with E-state index in [9.17, 15) is 5.11 Å². The van der Waals surface area contributed by atoms with Gasteiger partial charge in [-0.15, -0.1) is 0 Å². The summed E-state index contributed by atoms with van der Waals surface area (Å²) in [5.41, 5.74) is 2.29. The number of hydrogen-bond donors (Lipinski definition) is 1. The summed E-state index contributed by atoms with van der Waals surface area (Å²) in [4.78, 5) is 9.26. The maximum Gasteiger partial charge on any atom is 0.114 e. The molecule has 2 atom stereocenters. The maximum absolute atomic E-state index is 10.3. The van der Waals surface area contributed by atoms with Gasteiger partial charge in [-0.25, -0.2) is 0 Å². The van der Waals surface area contributed by atoms with Crippen molar-refractivity contribution in [2.75, 3.05) is 6.61 Å². The predicted octanol–water partition coefficient (Wildman–Crippen LogP) is 4.50. The van der Waals surface area contributed by atoms with Crippen LogP contribution in [0.2, 0.25) is 5.02 Å². The summed E-state index contributed by atoms with van der Waals surface area (Å²) in [6.45, 7) is -0.0278. The maximum atomic E-state index is 10.3. The molecular formula is C21H17ClN2O.